The Bertz CT molecular complexity index is 492. The lowest BCUT2D eigenvalue weighted by Crippen LogP contribution is -2.16. The Labute approximate surface area is 104 Å². The molecule has 7 heteroatoms. The van der Waals surface area contributed by atoms with Crippen molar-refractivity contribution in [1.29, 1.82) is 0 Å². The van der Waals surface area contributed by atoms with Gasteiger partial charge in [0.25, 0.3) is 0 Å². The van der Waals surface area contributed by atoms with Gasteiger partial charge in [-0.1, -0.05) is 0 Å². The van der Waals surface area contributed by atoms with Crippen LogP contribution in [-0.4, -0.2) is 21.2 Å². The Morgan fingerprint density at radius 3 is 3.06 bits per heavy atom. The number of aryl methyl sites for hydroxylation is 1. The molecule has 2 aromatic rings. The standard InChI is InChI=1S/C11H14N4O3/c16-15(17)11-4-3-10(18-11)9-12-5-1-7-14-8-2-6-13-14/h2-4,6,8,12H,1,5,7,9H2. The zero-order chi connectivity index (χ0) is 12.8. The molecule has 2 heterocycles. The number of nitrogens with one attached hydrogen (secondary N) is 1. The minimum atomic E-state index is -0.540. The van der Waals surface area contributed by atoms with E-state index in [1.807, 2.05) is 16.9 Å². The van der Waals surface area contributed by atoms with E-state index in [1.54, 1.807) is 12.3 Å². The number of hydrogen-bond acceptors (Lipinski definition) is 5. The highest BCUT2D eigenvalue weighted by Gasteiger charge is 2.10. The van der Waals surface area contributed by atoms with Crippen molar-refractivity contribution < 1.29 is 9.34 Å². The second-order valence-electron chi connectivity index (χ2n) is 3.80. The van der Waals surface area contributed by atoms with Gasteiger partial charge in [0.2, 0.25) is 0 Å². The van der Waals surface area contributed by atoms with Crippen LogP contribution in [0.2, 0.25) is 0 Å². The molecule has 2 rings (SSSR count). The maximum atomic E-state index is 10.4. The Morgan fingerprint density at radius 2 is 2.39 bits per heavy atom. The lowest BCUT2D eigenvalue weighted by Gasteiger charge is -2.02. The molecule has 0 spiro atoms. The highest BCUT2D eigenvalue weighted by molar-refractivity contribution is 5.17. The van der Waals surface area contributed by atoms with Crippen molar-refractivity contribution in [1.82, 2.24) is 15.1 Å². The Morgan fingerprint density at radius 1 is 1.50 bits per heavy atom. The summed E-state index contributed by atoms with van der Waals surface area (Å²) in [5.74, 6) is 0.351. The van der Waals surface area contributed by atoms with Crippen molar-refractivity contribution in [3.8, 4) is 0 Å². The quantitative estimate of drug-likeness (QED) is 0.458. The first-order valence-electron chi connectivity index (χ1n) is 5.67. The average Bonchev–Trinajstić information content (AvgIpc) is 2.98. The van der Waals surface area contributed by atoms with Gasteiger partial charge < -0.3 is 9.73 Å². The second kappa shape index (κ2) is 5.97. The summed E-state index contributed by atoms with van der Waals surface area (Å²) in [5, 5.41) is 17.7. The molecule has 0 saturated heterocycles. The van der Waals surface area contributed by atoms with Crippen molar-refractivity contribution in [3.05, 3.63) is 46.5 Å². The first-order valence-corrected chi connectivity index (χ1v) is 5.67. The summed E-state index contributed by atoms with van der Waals surface area (Å²) in [4.78, 5) is 9.86. The van der Waals surface area contributed by atoms with Gasteiger partial charge in [-0.15, -0.1) is 0 Å². The van der Waals surface area contributed by atoms with Crippen LogP contribution in [0.5, 0.6) is 0 Å². The highest BCUT2D eigenvalue weighted by Crippen LogP contribution is 2.14. The van der Waals surface area contributed by atoms with Crippen LogP contribution in [0.15, 0.2) is 35.0 Å². The normalized spacial score (nSPS) is 10.7. The van der Waals surface area contributed by atoms with Crippen LogP contribution in [0.1, 0.15) is 12.2 Å². The van der Waals surface area contributed by atoms with Crippen molar-refractivity contribution >= 4 is 5.88 Å². The summed E-state index contributed by atoms with van der Waals surface area (Å²) in [6, 6.07) is 4.86. The van der Waals surface area contributed by atoms with Crippen LogP contribution in [0.3, 0.4) is 0 Å². The predicted octanol–water partition coefficient (Wildman–Crippen LogP) is 1.56. The third kappa shape index (κ3) is 3.42. The van der Waals surface area contributed by atoms with E-state index < -0.39 is 4.92 Å². The molecule has 0 aliphatic heterocycles. The Kier molecular flexibility index (Phi) is 4.08. The van der Waals surface area contributed by atoms with Crippen LogP contribution in [0.4, 0.5) is 5.88 Å². The summed E-state index contributed by atoms with van der Waals surface area (Å²) >= 11 is 0. The minimum Gasteiger partial charge on any atom is -0.404 e. The molecule has 0 unspecified atom stereocenters. The fraction of sp³-hybridized carbons (Fsp3) is 0.364. The van der Waals surface area contributed by atoms with E-state index >= 15 is 0 Å². The smallest absolute Gasteiger partial charge is 0.404 e. The van der Waals surface area contributed by atoms with Crippen LogP contribution < -0.4 is 5.32 Å². The summed E-state index contributed by atoms with van der Waals surface area (Å²) < 4.78 is 6.88. The van der Waals surface area contributed by atoms with Gasteiger partial charge in [0.15, 0.2) is 0 Å². The van der Waals surface area contributed by atoms with E-state index in [0.29, 0.717) is 12.3 Å². The van der Waals surface area contributed by atoms with E-state index in [2.05, 4.69) is 10.4 Å². The fourth-order valence-corrected chi connectivity index (χ4v) is 1.57. The molecule has 0 aliphatic carbocycles. The third-order valence-electron chi connectivity index (χ3n) is 2.43. The molecule has 0 aromatic carbocycles. The number of nitro groups is 1. The molecule has 96 valence electrons. The van der Waals surface area contributed by atoms with Gasteiger partial charge in [-0.25, -0.2) is 0 Å². The summed E-state index contributed by atoms with van der Waals surface area (Å²) in [7, 11) is 0. The third-order valence-corrected chi connectivity index (χ3v) is 2.43. The summed E-state index contributed by atoms with van der Waals surface area (Å²) in [5.41, 5.74) is 0. The van der Waals surface area contributed by atoms with Crippen molar-refractivity contribution in [3.63, 3.8) is 0 Å². The van der Waals surface area contributed by atoms with Gasteiger partial charge in [-0.05, 0) is 25.1 Å². The lowest BCUT2D eigenvalue weighted by atomic mass is 10.4. The molecule has 0 bridgehead atoms. The number of hydrogen-bond donors (Lipinski definition) is 1. The van der Waals surface area contributed by atoms with Crippen LogP contribution in [0, 0.1) is 10.1 Å². The highest BCUT2D eigenvalue weighted by atomic mass is 16.6. The molecule has 0 fully saturated rings. The van der Waals surface area contributed by atoms with Gasteiger partial charge in [-0.3, -0.25) is 14.8 Å². The molecule has 18 heavy (non-hydrogen) atoms. The maximum absolute atomic E-state index is 10.4. The van der Waals surface area contributed by atoms with E-state index in [-0.39, 0.29) is 5.88 Å². The first kappa shape index (κ1) is 12.3. The van der Waals surface area contributed by atoms with Gasteiger partial charge >= 0.3 is 5.88 Å². The van der Waals surface area contributed by atoms with E-state index in [4.69, 9.17) is 4.42 Å². The number of nitrogens with zero attached hydrogens (tertiary/aromatic N) is 3. The molecule has 0 saturated carbocycles. The maximum Gasteiger partial charge on any atom is 0.433 e. The molecule has 7 nitrogen and oxygen atoms in total. The molecule has 0 aliphatic rings. The largest absolute Gasteiger partial charge is 0.433 e. The molecule has 0 amide bonds. The van der Waals surface area contributed by atoms with E-state index in [9.17, 15) is 10.1 Å². The topological polar surface area (TPSA) is 86.1 Å². The zero-order valence-corrected chi connectivity index (χ0v) is 9.78. The minimum absolute atomic E-state index is 0.219. The van der Waals surface area contributed by atoms with Crippen LogP contribution in [0.25, 0.3) is 0 Å². The van der Waals surface area contributed by atoms with Crippen molar-refractivity contribution in [2.45, 2.75) is 19.5 Å². The zero-order valence-electron chi connectivity index (χ0n) is 9.78. The fourth-order valence-electron chi connectivity index (χ4n) is 1.57. The van der Waals surface area contributed by atoms with Gasteiger partial charge in [0, 0.05) is 18.9 Å². The van der Waals surface area contributed by atoms with Crippen molar-refractivity contribution in [2.75, 3.05) is 6.54 Å². The summed E-state index contributed by atoms with van der Waals surface area (Å²) in [6.07, 6.45) is 4.59. The van der Waals surface area contributed by atoms with Crippen LogP contribution in [-0.2, 0) is 13.1 Å². The Hall–Kier alpha value is -2.15. The lowest BCUT2D eigenvalue weighted by molar-refractivity contribution is -0.402. The van der Waals surface area contributed by atoms with E-state index in [1.165, 1.54) is 6.07 Å². The summed E-state index contributed by atoms with van der Waals surface area (Å²) in [6.45, 7) is 2.14. The van der Waals surface area contributed by atoms with Crippen LogP contribution >= 0.6 is 0 Å². The van der Waals surface area contributed by atoms with Gasteiger partial charge in [-0.2, -0.15) is 5.10 Å². The molecular formula is C11H14N4O3. The Balaban J connectivity index is 1.64. The first-order chi connectivity index (χ1) is 8.75. The molecule has 1 N–H and O–H groups in total. The number of aromatic nitrogens is 2. The average molecular weight is 250 g/mol. The van der Waals surface area contributed by atoms with Crippen molar-refractivity contribution in [2.24, 2.45) is 0 Å². The number of rotatable bonds is 7. The molecule has 0 atom stereocenters. The van der Waals surface area contributed by atoms with Gasteiger partial charge in [0.05, 0.1) is 12.6 Å². The predicted molar refractivity (Wildman–Crippen MR) is 63.9 cm³/mol. The second-order valence-corrected chi connectivity index (χ2v) is 3.80. The molecule has 2 aromatic heterocycles. The molecular weight excluding hydrogens is 236 g/mol. The number of furan rings is 1. The molecule has 0 radical (unpaired) electrons. The van der Waals surface area contributed by atoms with Gasteiger partial charge in [0.1, 0.15) is 10.7 Å². The monoisotopic (exact) mass is 250 g/mol. The van der Waals surface area contributed by atoms with E-state index in [0.717, 1.165) is 19.5 Å². The SMILES string of the molecule is O=[N+]([O-])c1ccc(CNCCCn2cccn2)o1.